The molecule has 0 saturated heterocycles. The number of hydrogen-bond donors (Lipinski definition) is 3. The Morgan fingerprint density at radius 3 is 2.35 bits per heavy atom. The average Bonchev–Trinajstić information content (AvgIpc) is 2.34. The van der Waals surface area contributed by atoms with E-state index in [0.29, 0.717) is 11.4 Å². The second kappa shape index (κ2) is 5.54. The summed E-state index contributed by atoms with van der Waals surface area (Å²) in [5.41, 5.74) is 9.72. The molecule has 0 aliphatic heterocycles. The van der Waals surface area contributed by atoms with Gasteiger partial charge < -0.3 is 16.2 Å². The molecule has 0 amide bonds. The van der Waals surface area contributed by atoms with Crippen LogP contribution in [0.5, 0.6) is 0 Å². The predicted molar refractivity (Wildman–Crippen MR) is 84.7 cm³/mol. The Kier molecular flexibility index (Phi) is 3.99. The summed E-state index contributed by atoms with van der Waals surface area (Å²) >= 11 is 3.44. The van der Waals surface area contributed by atoms with Gasteiger partial charge in [-0.05, 0) is 55.3 Å². The number of benzene rings is 2. The fourth-order valence-electron chi connectivity index (χ4n) is 2.09. The molecule has 0 aliphatic carbocycles. The van der Waals surface area contributed by atoms with Crippen LogP contribution in [0.15, 0.2) is 34.8 Å². The zero-order valence-electron chi connectivity index (χ0n) is 11.2. The molecule has 0 fully saturated rings. The maximum Gasteiger partial charge on any atom is 0.337 e. The molecule has 0 aromatic heterocycles. The molecule has 4 N–H and O–H groups in total. The van der Waals surface area contributed by atoms with Crippen LogP contribution in [0.25, 0.3) is 0 Å². The summed E-state index contributed by atoms with van der Waals surface area (Å²) in [4.78, 5) is 11.3. The third-order valence-corrected chi connectivity index (χ3v) is 3.49. The highest BCUT2D eigenvalue weighted by Crippen LogP contribution is 2.30. The van der Waals surface area contributed by atoms with Crippen molar-refractivity contribution in [3.63, 3.8) is 0 Å². The molecular weight excluding hydrogens is 320 g/mol. The molecule has 0 saturated carbocycles. The van der Waals surface area contributed by atoms with E-state index < -0.39 is 5.97 Å². The summed E-state index contributed by atoms with van der Waals surface area (Å²) in [6.45, 7) is 3.94. The van der Waals surface area contributed by atoms with E-state index in [0.717, 1.165) is 21.3 Å². The number of rotatable bonds is 3. The van der Waals surface area contributed by atoms with Crippen molar-refractivity contribution < 1.29 is 9.90 Å². The number of carboxylic acids is 1. The molecule has 2 aromatic rings. The van der Waals surface area contributed by atoms with E-state index in [1.54, 1.807) is 12.1 Å². The van der Waals surface area contributed by atoms with Crippen molar-refractivity contribution in [3.05, 3.63) is 51.5 Å². The molecule has 2 aromatic carbocycles. The van der Waals surface area contributed by atoms with Crippen LogP contribution >= 0.6 is 15.9 Å². The normalized spacial score (nSPS) is 10.3. The number of nitrogen functional groups attached to an aromatic ring is 1. The first-order chi connectivity index (χ1) is 9.38. The fourth-order valence-corrected chi connectivity index (χ4v) is 2.78. The fraction of sp³-hybridized carbons (Fsp3) is 0.133. The van der Waals surface area contributed by atoms with Gasteiger partial charge in [-0.25, -0.2) is 4.79 Å². The van der Waals surface area contributed by atoms with Gasteiger partial charge in [0.15, 0.2) is 0 Å². The van der Waals surface area contributed by atoms with Crippen LogP contribution in [-0.2, 0) is 0 Å². The maximum atomic E-state index is 11.3. The summed E-state index contributed by atoms with van der Waals surface area (Å²) in [5, 5.41) is 12.4. The molecule has 0 aliphatic rings. The number of hydrogen-bond acceptors (Lipinski definition) is 3. The summed E-state index contributed by atoms with van der Waals surface area (Å²) in [7, 11) is 0. The van der Waals surface area contributed by atoms with Crippen LogP contribution in [0.4, 0.5) is 17.1 Å². The number of nitrogens with one attached hydrogen (secondary N) is 1. The number of anilines is 3. The molecule has 0 unspecified atom stereocenters. The monoisotopic (exact) mass is 334 g/mol. The molecule has 0 heterocycles. The average molecular weight is 335 g/mol. The summed E-state index contributed by atoms with van der Waals surface area (Å²) in [6.07, 6.45) is 0. The van der Waals surface area contributed by atoms with Crippen LogP contribution in [0.1, 0.15) is 21.5 Å². The number of nitrogens with two attached hydrogens (primary N) is 1. The zero-order chi connectivity index (χ0) is 14.9. The lowest BCUT2D eigenvalue weighted by Crippen LogP contribution is -2.05. The molecule has 0 bridgehead atoms. The third kappa shape index (κ3) is 2.93. The van der Waals surface area contributed by atoms with Gasteiger partial charge in [0.2, 0.25) is 0 Å². The van der Waals surface area contributed by atoms with Crippen LogP contribution < -0.4 is 11.1 Å². The molecule has 0 radical (unpaired) electrons. The maximum absolute atomic E-state index is 11.3. The highest BCUT2D eigenvalue weighted by molar-refractivity contribution is 9.10. The number of aryl methyl sites for hydroxylation is 2. The Morgan fingerprint density at radius 1 is 1.20 bits per heavy atom. The van der Waals surface area contributed by atoms with E-state index in [2.05, 4.69) is 21.2 Å². The largest absolute Gasteiger partial charge is 0.478 e. The highest BCUT2D eigenvalue weighted by Gasteiger charge is 2.12. The first-order valence-electron chi connectivity index (χ1n) is 6.05. The minimum absolute atomic E-state index is 0.159. The molecule has 5 heteroatoms. The van der Waals surface area contributed by atoms with Gasteiger partial charge in [-0.1, -0.05) is 15.9 Å². The van der Waals surface area contributed by atoms with Crippen molar-refractivity contribution in [2.45, 2.75) is 13.8 Å². The van der Waals surface area contributed by atoms with E-state index in [1.165, 1.54) is 6.07 Å². The predicted octanol–water partition coefficient (Wildman–Crippen LogP) is 4.09. The van der Waals surface area contributed by atoms with Gasteiger partial charge in [-0.3, -0.25) is 0 Å². The van der Waals surface area contributed by atoms with Gasteiger partial charge in [0.1, 0.15) is 0 Å². The van der Waals surface area contributed by atoms with Gasteiger partial charge in [0.05, 0.1) is 11.3 Å². The van der Waals surface area contributed by atoms with Crippen molar-refractivity contribution in [2.75, 3.05) is 11.1 Å². The Bertz CT molecular complexity index is 661. The van der Waals surface area contributed by atoms with Crippen LogP contribution in [0.3, 0.4) is 0 Å². The molecular formula is C15H15BrN2O2. The van der Waals surface area contributed by atoms with Crippen molar-refractivity contribution in [1.29, 1.82) is 0 Å². The van der Waals surface area contributed by atoms with Crippen molar-refractivity contribution >= 4 is 39.0 Å². The Morgan fingerprint density at radius 2 is 1.80 bits per heavy atom. The van der Waals surface area contributed by atoms with Gasteiger partial charge in [-0.15, -0.1) is 0 Å². The van der Waals surface area contributed by atoms with E-state index in [1.807, 2.05) is 26.0 Å². The molecule has 0 atom stereocenters. The van der Waals surface area contributed by atoms with Gasteiger partial charge in [-0.2, -0.15) is 0 Å². The number of halogens is 1. The highest BCUT2D eigenvalue weighted by atomic mass is 79.9. The van der Waals surface area contributed by atoms with Crippen LogP contribution in [-0.4, -0.2) is 11.1 Å². The van der Waals surface area contributed by atoms with Crippen molar-refractivity contribution in [2.24, 2.45) is 0 Å². The van der Waals surface area contributed by atoms with E-state index in [-0.39, 0.29) is 5.56 Å². The number of carboxylic acid groups (broad SMARTS) is 1. The zero-order valence-corrected chi connectivity index (χ0v) is 12.8. The molecule has 4 nitrogen and oxygen atoms in total. The van der Waals surface area contributed by atoms with Gasteiger partial charge >= 0.3 is 5.97 Å². The Hall–Kier alpha value is -2.01. The SMILES string of the molecule is Cc1cc(Br)cc(C)c1Nc1ccc(N)cc1C(=O)O. The lowest BCUT2D eigenvalue weighted by Gasteiger charge is -2.15. The first-order valence-corrected chi connectivity index (χ1v) is 6.84. The lowest BCUT2D eigenvalue weighted by molar-refractivity contribution is 0.0698. The quantitative estimate of drug-likeness (QED) is 0.739. The minimum Gasteiger partial charge on any atom is -0.478 e. The summed E-state index contributed by atoms with van der Waals surface area (Å²) < 4.78 is 0.994. The molecule has 104 valence electrons. The minimum atomic E-state index is -1.01. The Labute approximate surface area is 125 Å². The number of carbonyl (C=O) groups is 1. The van der Waals surface area contributed by atoms with Crippen LogP contribution in [0, 0.1) is 13.8 Å². The third-order valence-electron chi connectivity index (χ3n) is 3.03. The van der Waals surface area contributed by atoms with E-state index in [9.17, 15) is 9.90 Å². The summed E-state index contributed by atoms with van der Waals surface area (Å²) in [5.74, 6) is -1.01. The first kappa shape index (κ1) is 14.4. The van der Waals surface area contributed by atoms with Crippen LogP contribution in [0.2, 0.25) is 0 Å². The van der Waals surface area contributed by atoms with Gasteiger partial charge in [0.25, 0.3) is 0 Å². The molecule has 0 spiro atoms. The number of aromatic carboxylic acids is 1. The standard InChI is InChI=1S/C15H15BrN2O2/c1-8-5-10(16)6-9(2)14(8)18-13-4-3-11(17)7-12(13)15(19)20/h3-7,18H,17H2,1-2H3,(H,19,20). The van der Waals surface area contributed by atoms with Crippen molar-refractivity contribution in [1.82, 2.24) is 0 Å². The molecule has 2 rings (SSSR count). The second-order valence-corrected chi connectivity index (χ2v) is 5.57. The topological polar surface area (TPSA) is 75.3 Å². The van der Waals surface area contributed by atoms with E-state index in [4.69, 9.17) is 5.73 Å². The lowest BCUT2D eigenvalue weighted by atomic mass is 10.1. The van der Waals surface area contributed by atoms with Crippen molar-refractivity contribution in [3.8, 4) is 0 Å². The smallest absolute Gasteiger partial charge is 0.337 e. The van der Waals surface area contributed by atoms with Gasteiger partial charge in [0, 0.05) is 15.8 Å². The Balaban J connectivity index is 2.48. The summed E-state index contributed by atoms with van der Waals surface area (Å²) in [6, 6.07) is 8.77. The molecule has 20 heavy (non-hydrogen) atoms. The van der Waals surface area contributed by atoms with E-state index >= 15 is 0 Å². The second-order valence-electron chi connectivity index (χ2n) is 4.65.